The standard InChI is InChI=1S/C13H16BrNOS/c1-9-10(2)17-6-5-15(9)13-4-3-11(8-16)7-12(13)14/h3-4,7-10H,5-6H2,1-2H3. The van der Waals surface area contributed by atoms with Gasteiger partial charge >= 0.3 is 0 Å². The second-order valence-electron chi connectivity index (χ2n) is 4.34. The molecule has 1 aromatic rings. The maximum absolute atomic E-state index is 10.7. The van der Waals surface area contributed by atoms with Crippen LogP contribution in [0.4, 0.5) is 5.69 Å². The van der Waals surface area contributed by atoms with Gasteiger partial charge in [-0.1, -0.05) is 6.92 Å². The fraction of sp³-hybridized carbons (Fsp3) is 0.462. The minimum atomic E-state index is 0.520. The molecule has 0 radical (unpaired) electrons. The number of anilines is 1. The minimum absolute atomic E-state index is 0.520. The van der Waals surface area contributed by atoms with Crippen molar-refractivity contribution in [3.8, 4) is 0 Å². The van der Waals surface area contributed by atoms with Crippen LogP contribution in [-0.2, 0) is 0 Å². The summed E-state index contributed by atoms with van der Waals surface area (Å²) < 4.78 is 1.01. The molecule has 2 unspecified atom stereocenters. The Balaban J connectivity index is 2.29. The first-order valence-electron chi connectivity index (χ1n) is 5.76. The number of benzene rings is 1. The third-order valence-corrected chi connectivity index (χ3v) is 5.27. The summed E-state index contributed by atoms with van der Waals surface area (Å²) >= 11 is 5.59. The lowest BCUT2D eigenvalue weighted by Gasteiger charge is -2.39. The number of thioether (sulfide) groups is 1. The van der Waals surface area contributed by atoms with Crippen molar-refractivity contribution in [3.05, 3.63) is 28.2 Å². The van der Waals surface area contributed by atoms with Crippen LogP contribution in [-0.4, -0.2) is 29.9 Å². The number of hydrogen-bond acceptors (Lipinski definition) is 3. The van der Waals surface area contributed by atoms with E-state index in [1.807, 2.05) is 30.0 Å². The molecule has 1 saturated heterocycles. The van der Waals surface area contributed by atoms with E-state index in [0.717, 1.165) is 23.1 Å². The van der Waals surface area contributed by atoms with Crippen LogP contribution in [0.5, 0.6) is 0 Å². The summed E-state index contributed by atoms with van der Waals surface area (Å²) in [6, 6.07) is 6.33. The number of nitrogens with zero attached hydrogens (tertiary/aromatic N) is 1. The average Bonchev–Trinajstić information content (AvgIpc) is 2.33. The molecule has 1 aliphatic rings. The highest BCUT2D eigenvalue weighted by molar-refractivity contribution is 9.10. The number of aldehydes is 1. The molecule has 92 valence electrons. The average molecular weight is 314 g/mol. The molecule has 0 aromatic heterocycles. The third-order valence-electron chi connectivity index (χ3n) is 3.30. The quantitative estimate of drug-likeness (QED) is 0.778. The van der Waals surface area contributed by atoms with Crippen LogP contribution in [0.3, 0.4) is 0 Å². The number of hydrogen-bond donors (Lipinski definition) is 0. The van der Waals surface area contributed by atoms with Gasteiger partial charge in [0.15, 0.2) is 0 Å². The van der Waals surface area contributed by atoms with Gasteiger partial charge in [-0.25, -0.2) is 0 Å². The Kier molecular flexibility index (Phi) is 4.15. The second kappa shape index (κ2) is 5.44. The summed E-state index contributed by atoms with van der Waals surface area (Å²) in [5, 5.41) is 0.640. The van der Waals surface area contributed by atoms with Gasteiger partial charge < -0.3 is 4.90 Å². The van der Waals surface area contributed by atoms with Crippen molar-refractivity contribution in [1.82, 2.24) is 0 Å². The van der Waals surface area contributed by atoms with Crippen LogP contribution < -0.4 is 4.90 Å². The normalized spacial score (nSPS) is 24.8. The SMILES string of the molecule is CC1SCCN(c2ccc(C=O)cc2Br)C1C. The van der Waals surface area contributed by atoms with Gasteiger partial charge in [-0.05, 0) is 41.1 Å². The highest BCUT2D eigenvalue weighted by Crippen LogP contribution is 2.33. The van der Waals surface area contributed by atoms with Crippen LogP contribution in [0.25, 0.3) is 0 Å². The molecule has 2 atom stereocenters. The summed E-state index contributed by atoms with van der Waals surface area (Å²) in [6.07, 6.45) is 0.882. The zero-order valence-electron chi connectivity index (χ0n) is 10.0. The zero-order valence-corrected chi connectivity index (χ0v) is 12.4. The molecule has 0 amide bonds. The fourth-order valence-electron chi connectivity index (χ4n) is 2.10. The number of rotatable bonds is 2. The van der Waals surface area contributed by atoms with E-state index in [1.54, 1.807) is 0 Å². The first kappa shape index (κ1) is 13.0. The molecular weight excluding hydrogens is 298 g/mol. The zero-order chi connectivity index (χ0) is 12.4. The summed E-state index contributed by atoms with van der Waals surface area (Å²) in [5.74, 6) is 1.16. The molecule has 0 N–H and O–H groups in total. The van der Waals surface area contributed by atoms with Crippen LogP contribution >= 0.6 is 27.7 Å². The highest BCUT2D eigenvalue weighted by Gasteiger charge is 2.26. The fourth-order valence-corrected chi connectivity index (χ4v) is 3.83. The van der Waals surface area contributed by atoms with E-state index in [4.69, 9.17) is 0 Å². The molecular formula is C13H16BrNOS. The maximum atomic E-state index is 10.7. The molecule has 0 spiro atoms. The van der Waals surface area contributed by atoms with Gasteiger partial charge in [-0.2, -0.15) is 11.8 Å². The lowest BCUT2D eigenvalue weighted by Crippen LogP contribution is -2.44. The molecule has 2 nitrogen and oxygen atoms in total. The second-order valence-corrected chi connectivity index (χ2v) is 6.68. The Morgan fingerprint density at radius 3 is 2.88 bits per heavy atom. The predicted molar refractivity (Wildman–Crippen MR) is 78.3 cm³/mol. The number of carbonyl (C=O) groups is 1. The third kappa shape index (κ3) is 2.68. The van der Waals surface area contributed by atoms with Crippen molar-refractivity contribution in [2.75, 3.05) is 17.2 Å². The molecule has 1 aliphatic heterocycles. The van der Waals surface area contributed by atoms with E-state index in [-0.39, 0.29) is 0 Å². The van der Waals surface area contributed by atoms with Crippen LogP contribution in [0.15, 0.2) is 22.7 Å². The molecule has 0 bridgehead atoms. The first-order valence-corrected chi connectivity index (χ1v) is 7.60. The Morgan fingerprint density at radius 2 is 2.24 bits per heavy atom. The Bertz CT molecular complexity index is 424. The van der Waals surface area contributed by atoms with Gasteiger partial charge in [0.25, 0.3) is 0 Å². The highest BCUT2D eigenvalue weighted by atomic mass is 79.9. The van der Waals surface area contributed by atoms with Crippen LogP contribution in [0.1, 0.15) is 24.2 Å². The summed E-state index contributed by atoms with van der Waals surface area (Å²) in [7, 11) is 0. The Morgan fingerprint density at radius 1 is 1.47 bits per heavy atom. The molecule has 17 heavy (non-hydrogen) atoms. The van der Waals surface area contributed by atoms with E-state index in [1.165, 1.54) is 5.69 Å². The van der Waals surface area contributed by atoms with E-state index >= 15 is 0 Å². The van der Waals surface area contributed by atoms with Gasteiger partial charge in [0.1, 0.15) is 6.29 Å². The molecule has 1 heterocycles. The summed E-state index contributed by atoms with van der Waals surface area (Å²) in [6.45, 7) is 5.60. The monoisotopic (exact) mass is 313 g/mol. The predicted octanol–water partition coefficient (Wildman–Crippen LogP) is 3.59. The lowest BCUT2D eigenvalue weighted by molar-refractivity contribution is 0.112. The first-order chi connectivity index (χ1) is 8.13. The van der Waals surface area contributed by atoms with E-state index < -0.39 is 0 Å². The van der Waals surface area contributed by atoms with Gasteiger partial charge in [0, 0.05) is 33.6 Å². The van der Waals surface area contributed by atoms with Gasteiger partial charge in [-0.15, -0.1) is 0 Å². The van der Waals surface area contributed by atoms with Crippen molar-refractivity contribution in [2.24, 2.45) is 0 Å². The van der Waals surface area contributed by atoms with E-state index in [0.29, 0.717) is 16.9 Å². The van der Waals surface area contributed by atoms with Crippen molar-refractivity contribution >= 4 is 39.7 Å². The van der Waals surface area contributed by atoms with E-state index in [2.05, 4.69) is 34.7 Å². The molecule has 4 heteroatoms. The minimum Gasteiger partial charge on any atom is -0.366 e. The molecule has 0 aliphatic carbocycles. The smallest absolute Gasteiger partial charge is 0.150 e. The van der Waals surface area contributed by atoms with Crippen LogP contribution in [0, 0.1) is 0 Å². The molecule has 2 rings (SSSR count). The molecule has 1 aromatic carbocycles. The van der Waals surface area contributed by atoms with Crippen molar-refractivity contribution in [3.63, 3.8) is 0 Å². The largest absolute Gasteiger partial charge is 0.366 e. The van der Waals surface area contributed by atoms with Gasteiger partial charge in [0.05, 0.1) is 5.69 Å². The maximum Gasteiger partial charge on any atom is 0.150 e. The number of halogens is 1. The summed E-state index contributed by atoms with van der Waals surface area (Å²) in [5.41, 5.74) is 1.91. The number of carbonyl (C=O) groups excluding carboxylic acids is 1. The van der Waals surface area contributed by atoms with Gasteiger partial charge in [-0.3, -0.25) is 4.79 Å². The van der Waals surface area contributed by atoms with Crippen molar-refractivity contribution in [1.29, 1.82) is 0 Å². The Labute approximate surface area is 115 Å². The van der Waals surface area contributed by atoms with Crippen LogP contribution in [0.2, 0.25) is 0 Å². The lowest BCUT2D eigenvalue weighted by atomic mass is 10.1. The van der Waals surface area contributed by atoms with Gasteiger partial charge in [0.2, 0.25) is 0 Å². The Hall–Kier alpha value is -0.480. The molecule has 1 fully saturated rings. The van der Waals surface area contributed by atoms with Crippen molar-refractivity contribution in [2.45, 2.75) is 25.1 Å². The summed E-state index contributed by atoms with van der Waals surface area (Å²) in [4.78, 5) is 13.1. The topological polar surface area (TPSA) is 20.3 Å². The van der Waals surface area contributed by atoms with E-state index in [9.17, 15) is 4.79 Å². The van der Waals surface area contributed by atoms with Crippen molar-refractivity contribution < 1.29 is 4.79 Å². The molecule has 0 saturated carbocycles.